The average Bonchev–Trinajstić information content (AvgIpc) is 2.70. The van der Waals surface area contributed by atoms with Crippen molar-refractivity contribution in [1.29, 1.82) is 0 Å². The average molecular weight is 448 g/mol. The number of nitrogens with zero attached hydrogens (tertiary/aromatic N) is 1. The van der Waals surface area contributed by atoms with Gasteiger partial charge in [0.05, 0.1) is 11.4 Å². The van der Waals surface area contributed by atoms with E-state index in [-0.39, 0.29) is 17.4 Å². The van der Waals surface area contributed by atoms with Crippen LogP contribution in [0.5, 0.6) is 5.75 Å². The lowest BCUT2D eigenvalue weighted by molar-refractivity contribution is -0.130. The Bertz CT molecular complexity index is 1030. The molecule has 0 aliphatic rings. The number of hydrogen-bond donors (Lipinski definition) is 2. The van der Waals surface area contributed by atoms with Gasteiger partial charge < -0.3 is 4.74 Å². The van der Waals surface area contributed by atoms with Crippen LogP contribution >= 0.6 is 0 Å². The van der Waals surface area contributed by atoms with Gasteiger partial charge in [0.1, 0.15) is 5.75 Å². The van der Waals surface area contributed by atoms with Crippen LogP contribution in [0, 0.1) is 13.8 Å². The van der Waals surface area contributed by atoms with E-state index >= 15 is 0 Å². The number of sulfonamides is 1. The lowest BCUT2D eigenvalue weighted by Crippen LogP contribution is -2.48. The third-order valence-corrected chi connectivity index (χ3v) is 6.40. The van der Waals surface area contributed by atoms with Crippen LogP contribution in [0.15, 0.2) is 47.4 Å². The summed E-state index contributed by atoms with van der Waals surface area (Å²) in [6.45, 7) is 7.09. The molecule has 0 saturated heterocycles. The van der Waals surface area contributed by atoms with Crippen molar-refractivity contribution in [2.24, 2.45) is 0 Å². The van der Waals surface area contributed by atoms with Gasteiger partial charge in [-0.15, -0.1) is 0 Å². The molecule has 0 unspecified atom stereocenters. The minimum atomic E-state index is -3.82. The van der Waals surface area contributed by atoms with Crippen molar-refractivity contribution in [3.63, 3.8) is 0 Å². The van der Waals surface area contributed by atoms with Crippen molar-refractivity contribution in [2.45, 2.75) is 38.5 Å². The van der Waals surface area contributed by atoms with Gasteiger partial charge in [-0.3, -0.25) is 20.4 Å². The molecule has 0 fully saturated rings. The van der Waals surface area contributed by atoms with Gasteiger partial charge in [0.2, 0.25) is 10.0 Å². The van der Waals surface area contributed by atoms with Crippen molar-refractivity contribution < 1.29 is 22.7 Å². The highest BCUT2D eigenvalue weighted by molar-refractivity contribution is 7.89. The van der Waals surface area contributed by atoms with Crippen LogP contribution in [0.1, 0.15) is 36.5 Å². The Balaban J connectivity index is 1.86. The second-order valence-corrected chi connectivity index (χ2v) is 9.70. The smallest absolute Gasteiger partial charge is 0.276 e. The predicted octanol–water partition coefficient (Wildman–Crippen LogP) is 2.27. The molecule has 9 heteroatoms. The lowest BCUT2D eigenvalue weighted by Gasteiger charge is -2.17. The minimum absolute atomic E-state index is 0.0879. The van der Waals surface area contributed by atoms with Crippen molar-refractivity contribution in [1.82, 2.24) is 15.2 Å². The molecule has 2 aromatic rings. The normalized spacial score (nSPS) is 11.5. The number of carbonyl (C=O) groups is 2. The number of rotatable bonds is 8. The second kappa shape index (κ2) is 10.4. The number of benzene rings is 2. The Morgan fingerprint density at radius 3 is 2.16 bits per heavy atom. The number of nitrogens with one attached hydrogen (secondary N) is 2. The Morgan fingerprint density at radius 2 is 1.55 bits per heavy atom. The Hall–Kier alpha value is -2.91. The van der Waals surface area contributed by atoms with E-state index in [9.17, 15) is 18.0 Å². The summed E-state index contributed by atoms with van der Waals surface area (Å²) in [6.07, 6.45) is 0. The van der Waals surface area contributed by atoms with Crippen molar-refractivity contribution in [2.75, 3.05) is 20.2 Å². The lowest BCUT2D eigenvalue weighted by atomic mass is 10.0. The molecule has 2 aromatic carbocycles. The van der Waals surface area contributed by atoms with Crippen LogP contribution < -0.4 is 15.6 Å². The molecule has 31 heavy (non-hydrogen) atoms. The van der Waals surface area contributed by atoms with Crippen LogP contribution in [0.3, 0.4) is 0 Å². The van der Waals surface area contributed by atoms with Gasteiger partial charge in [-0.2, -0.15) is 4.31 Å². The summed E-state index contributed by atoms with van der Waals surface area (Å²) in [6, 6.07) is 12.1. The highest BCUT2D eigenvalue weighted by Crippen LogP contribution is 2.27. The molecule has 0 bridgehead atoms. The molecule has 2 rings (SSSR count). The molecule has 8 nitrogen and oxygen atoms in total. The number of hydrogen-bond acceptors (Lipinski definition) is 5. The number of hydrazine groups is 1. The number of ether oxygens (including phenoxy) is 1. The quantitative estimate of drug-likeness (QED) is 0.604. The molecule has 2 amide bonds. The molecule has 0 aliphatic carbocycles. The molecule has 0 aromatic heterocycles. The van der Waals surface area contributed by atoms with Gasteiger partial charge in [-0.1, -0.05) is 43.7 Å². The molecule has 0 spiro atoms. The van der Waals surface area contributed by atoms with E-state index in [4.69, 9.17) is 4.74 Å². The van der Waals surface area contributed by atoms with E-state index < -0.39 is 28.4 Å². The molecule has 0 aliphatic heterocycles. The number of carbonyl (C=O) groups excluding carboxylic acids is 2. The minimum Gasteiger partial charge on any atom is -0.483 e. The van der Waals surface area contributed by atoms with Crippen molar-refractivity contribution >= 4 is 21.8 Å². The van der Waals surface area contributed by atoms with Gasteiger partial charge >= 0.3 is 0 Å². The first-order valence-electron chi connectivity index (χ1n) is 9.84. The topological polar surface area (TPSA) is 105 Å². The third kappa shape index (κ3) is 6.80. The van der Waals surface area contributed by atoms with E-state index in [0.717, 1.165) is 21.0 Å². The van der Waals surface area contributed by atoms with Crippen LogP contribution in [0.4, 0.5) is 0 Å². The predicted molar refractivity (Wildman–Crippen MR) is 118 cm³/mol. The Labute approximate surface area is 183 Å². The summed E-state index contributed by atoms with van der Waals surface area (Å²) < 4.78 is 31.6. The summed E-state index contributed by atoms with van der Waals surface area (Å²) >= 11 is 0. The van der Waals surface area contributed by atoms with E-state index in [1.807, 2.05) is 45.9 Å². The highest BCUT2D eigenvalue weighted by atomic mass is 32.2. The van der Waals surface area contributed by atoms with Crippen molar-refractivity contribution in [3.8, 4) is 5.75 Å². The molecule has 0 radical (unpaired) electrons. The first-order valence-corrected chi connectivity index (χ1v) is 11.3. The largest absolute Gasteiger partial charge is 0.483 e. The van der Waals surface area contributed by atoms with Crippen LogP contribution in [-0.4, -0.2) is 44.7 Å². The van der Waals surface area contributed by atoms with E-state index in [1.54, 1.807) is 12.1 Å². The highest BCUT2D eigenvalue weighted by Gasteiger charge is 2.23. The Morgan fingerprint density at radius 1 is 0.968 bits per heavy atom. The van der Waals surface area contributed by atoms with Crippen LogP contribution in [0.25, 0.3) is 0 Å². The van der Waals surface area contributed by atoms with Gasteiger partial charge in [0, 0.05) is 7.05 Å². The maximum Gasteiger partial charge on any atom is 0.276 e. The first kappa shape index (κ1) is 24.4. The number of likely N-dealkylation sites (N-methyl/N-ethyl adjacent to an activating group) is 1. The van der Waals surface area contributed by atoms with Crippen LogP contribution in [0.2, 0.25) is 0 Å². The van der Waals surface area contributed by atoms with Crippen LogP contribution in [-0.2, 0) is 19.6 Å². The van der Waals surface area contributed by atoms with E-state index in [1.165, 1.54) is 19.2 Å². The van der Waals surface area contributed by atoms with Gasteiger partial charge in [-0.05, 0) is 49.1 Å². The molecule has 0 saturated carbocycles. The Kier molecular flexibility index (Phi) is 8.18. The van der Waals surface area contributed by atoms with Gasteiger partial charge in [0.15, 0.2) is 6.61 Å². The van der Waals surface area contributed by atoms with Crippen molar-refractivity contribution in [3.05, 3.63) is 59.2 Å². The number of amides is 2. The fourth-order valence-electron chi connectivity index (χ4n) is 2.78. The molecule has 168 valence electrons. The zero-order valence-electron chi connectivity index (χ0n) is 18.4. The fourth-order valence-corrected chi connectivity index (χ4v) is 3.91. The zero-order chi connectivity index (χ0) is 23.2. The molecular weight excluding hydrogens is 418 g/mol. The maximum absolute atomic E-state index is 12.5. The summed E-state index contributed by atoms with van der Waals surface area (Å²) in [4.78, 5) is 24.2. The monoisotopic (exact) mass is 447 g/mol. The molecular formula is C22H29N3O5S. The summed E-state index contributed by atoms with van der Waals surface area (Å²) in [5.41, 5.74) is 7.35. The molecule has 0 atom stereocenters. The second-order valence-electron chi connectivity index (χ2n) is 7.66. The summed E-state index contributed by atoms with van der Waals surface area (Å²) in [5, 5.41) is 0. The van der Waals surface area contributed by atoms with E-state index in [0.29, 0.717) is 5.75 Å². The molecule has 0 heterocycles. The van der Waals surface area contributed by atoms with Gasteiger partial charge in [0.25, 0.3) is 11.8 Å². The summed E-state index contributed by atoms with van der Waals surface area (Å²) in [7, 11) is -2.52. The van der Waals surface area contributed by atoms with E-state index in [2.05, 4.69) is 10.9 Å². The van der Waals surface area contributed by atoms with Gasteiger partial charge in [-0.25, -0.2) is 8.42 Å². The maximum atomic E-state index is 12.5. The zero-order valence-corrected chi connectivity index (χ0v) is 19.2. The summed E-state index contributed by atoms with van der Waals surface area (Å²) in [5.74, 6) is -0.400. The standard InChI is InChI=1S/C22H29N3O5S/c1-15(2)19-11-8-17(4)12-20(19)30-14-22(27)24-23-21(26)13-25(5)31(28,29)18-9-6-16(3)7-10-18/h6-12,15H,13-14H2,1-5H3,(H,23,26)(H,24,27). The first-order chi connectivity index (χ1) is 14.5. The SMILES string of the molecule is Cc1ccc(S(=O)(=O)N(C)CC(=O)NNC(=O)COc2cc(C)ccc2C(C)C)cc1. The molecule has 2 N–H and O–H groups in total. The number of aryl methyl sites for hydroxylation is 2. The fraction of sp³-hybridized carbons (Fsp3) is 0.364. The third-order valence-electron chi connectivity index (χ3n) is 4.59.